The van der Waals surface area contributed by atoms with Crippen molar-refractivity contribution in [1.29, 1.82) is 0 Å². The van der Waals surface area contributed by atoms with E-state index in [9.17, 15) is 0 Å². The molecule has 0 saturated carbocycles. The van der Waals surface area contributed by atoms with Crippen molar-refractivity contribution < 1.29 is 0 Å². The quantitative estimate of drug-likeness (QED) is 0.261. The Morgan fingerprint density at radius 2 is 1.86 bits per heavy atom. The average molecular weight is 428 g/mol. The number of benzene rings is 2. The summed E-state index contributed by atoms with van der Waals surface area (Å²) >= 11 is 3.33. The van der Waals surface area contributed by atoms with Crippen LogP contribution in [-0.2, 0) is 6.42 Å². The van der Waals surface area contributed by atoms with Crippen LogP contribution in [0.4, 0.5) is 5.69 Å². The molecule has 0 spiro atoms. The predicted octanol–water partition coefficient (Wildman–Crippen LogP) is 6.42. The minimum absolute atomic E-state index is 0.639. The molecule has 2 rings (SSSR count). The Kier molecular flexibility index (Phi) is 9.68. The lowest BCUT2D eigenvalue weighted by Gasteiger charge is -2.11. The lowest BCUT2D eigenvalue weighted by atomic mass is 10.1. The Hall–Kier alpha value is -1.85. The first kappa shape index (κ1) is 23.4. The molecule has 3 nitrogen and oxygen atoms in total. The smallest absolute Gasteiger partial charge is 0.159 e. The fraction of sp³-hybridized carbons (Fsp3) is 0.375. The first-order valence-corrected chi connectivity index (χ1v) is 11.9. The maximum atomic E-state index is 6.02. The summed E-state index contributed by atoms with van der Waals surface area (Å²) in [7, 11) is 0. The molecule has 5 heteroatoms. The number of thioether (sulfide) groups is 2. The van der Waals surface area contributed by atoms with Crippen LogP contribution in [0.2, 0.25) is 0 Å². The third-order valence-corrected chi connectivity index (χ3v) is 6.31. The molecule has 0 radical (unpaired) electrons. The van der Waals surface area contributed by atoms with Gasteiger partial charge >= 0.3 is 0 Å². The second-order valence-electron chi connectivity index (χ2n) is 7.62. The van der Waals surface area contributed by atoms with E-state index in [2.05, 4.69) is 74.9 Å². The van der Waals surface area contributed by atoms with Gasteiger partial charge in [-0.1, -0.05) is 68.2 Å². The number of rotatable bonds is 10. The minimum atomic E-state index is 0.639. The Bertz CT molecular complexity index is 827. The van der Waals surface area contributed by atoms with E-state index in [0.717, 1.165) is 35.9 Å². The van der Waals surface area contributed by atoms with E-state index in [1.165, 1.54) is 21.6 Å². The molecular weight excluding hydrogens is 394 g/mol. The summed E-state index contributed by atoms with van der Waals surface area (Å²) < 4.78 is 0. The van der Waals surface area contributed by atoms with E-state index >= 15 is 0 Å². The molecule has 156 valence electrons. The number of hydrogen-bond donors (Lipinski definition) is 2. The molecule has 0 fully saturated rings. The van der Waals surface area contributed by atoms with Gasteiger partial charge in [0.05, 0.1) is 10.7 Å². The summed E-state index contributed by atoms with van der Waals surface area (Å²) in [5.74, 6) is 1.71. The van der Waals surface area contributed by atoms with Crippen LogP contribution in [0.15, 0.2) is 64.0 Å². The molecule has 29 heavy (non-hydrogen) atoms. The van der Waals surface area contributed by atoms with Gasteiger partial charge in [0.1, 0.15) is 0 Å². The predicted molar refractivity (Wildman–Crippen MR) is 132 cm³/mol. The van der Waals surface area contributed by atoms with Crippen LogP contribution in [0, 0.1) is 19.8 Å². The van der Waals surface area contributed by atoms with Gasteiger partial charge in [-0.3, -0.25) is 0 Å². The van der Waals surface area contributed by atoms with Crippen molar-refractivity contribution in [3.63, 3.8) is 0 Å². The highest BCUT2D eigenvalue weighted by atomic mass is 32.2. The second-order valence-corrected chi connectivity index (χ2v) is 9.87. The molecule has 0 aromatic heterocycles. The van der Waals surface area contributed by atoms with Crippen LogP contribution >= 0.6 is 23.5 Å². The number of aliphatic imine (C=N–C) groups is 1. The molecule has 0 aliphatic carbocycles. The zero-order chi connectivity index (χ0) is 21.2. The number of nitrogens with two attached hydrogens (primary N) is 1. The summed E-state index contributed by atoms with van der Waals surface area (Å²) in [6.07, 6.45) is 2.09. The average Bonchev–Trinajstić information content (AvgIpc) is 2.66. The van der Waals surface area contributed by atoms with Gasteiger partial charge in [0.2, 0.25) is 0 Å². The Morgan fingerprint density at radius 3 is 2.55 bits per heavy atom. The molecule has 0 atom stereocenters. The number of nitrogens with one attached hydrogen (secondary N) is 1. The maximum absolute atomic E-state index is 6.02. The molecule has 0 unspecified atom stereocenters. The van der Waals surface area contributed by atoms with Gasteiger partial charge in [0, 0.05) is 17.2 Å². The molecular formula is C24H33N3S2. The molecule has 0 bridgehead atoms. The van der Waals surface area contributed by atoms with E-state index in [4.69, 9.17) is 5.73 Å². The first-order chi connectivity index (χ1) is 13.8. The lowest BCUT2D eigenvalue weighted by Crippen LogP contribution is -2.14. The molecule has 2 aromatic rings. The zero-order valence-electron chi connectivity index (χ0n) is 18.0. The standard InChI is InChI=1S/C24H33N3S2/c1-17(2)13-15-28-24(25)27-22-10-8-21(9-11-22)12-14-26-20(5)29-23-16-18(3)6-7-19(23)4/h6-11,16-17,26H,5,12-15H2,1-4H3,(H2,25,27). The van der Waals surface area contributed by atoms with Crippen molar-refractivity contribution in [2.45, 2.75) is 45.4 Å². The highest BCUT2D eigenvalue weighted by Gasteiger charge is 2.03. The van der Waals surface area contributed by atoms with Gasteiger partial charge in [-0.25, -0.2) is 4.99 Å². The summed E-state index contributed by atoms with van der Waals surface area (Å²) in [6.45, 7) is 13.7. The zero-order valence-corrected chi connectivity index (χ0v) is 19.6. The summed E-state index contributed by atoms with van der Waals surface area (Å²) in [6, 6.07) is 14.8. The van der Waals surface area contributed by atoms with Crippen LogP contribution in [-0.4, -0.2) is 17.5 Å². The molecule has 0 amide bonds. The molecule has 0 heterocycles. The van der Waals surface area contributed by atoms with Crippen molar-refractivity contribution in [1.82, 2.24) is 5.32 Å². The van der Waals surface area contributed by atoms with Gasteiger partial charge in [-0.2, -0.15) is 0 Å². The summed E-state index contributed by atoms with van der Waals surface area (Å²) in [4.78, 5) is 5.75. The highest BCUT2D eigenvalue weighted by molar-refractivity contribution is 8.13. The van der Waals surface area contributed by atoms with E-state index < -0.39 is 0 Å². The molecule has 2 aromatic carbocycles. The fourth-order valence-corrected chi connectivity index (χ4v) is 4.51. The second kappa shape index (κ2) is 12.0. The largest absolute Gasteiger partial charge is 0.380 e. The number of hydrogen-bond acceptors (Lipinski definition) is 4. The summed E-state index contributed by atoms with van der Waals surface area (Å²) in [5.41, 5.74) is 10.7. The number of amidine groups is 1. The van der Waals surface area contributed by atoms with Crippen molar-refractivity contribution in [2.24, 2.45) is 16.6 Å². The first-order valence-electron chi connectivity index (χ1n) is 10.1. The molecule has 0 saturated heterocycles. The summed E-state index contributed by atoms with van der Waals surface area (Å²) in [5, 5.41) is 5.04. The Labute approximate surface area is 184 Å². The number of nitrogens with zero attached hydrogens (tertiary/aromatic N) is 1. The van der Waals surface area contributed by atoms with Crippen molar-refractivity contribution >= 4 is 34.4 Å². The fourth-order valence-electron chi connectivity index (χ4n) is 2.63. The van der Waals surface area contributed by atoms with Crippen molar-refractivity contribution in [3.8, 4) is 0 Å². The van der Waals surface area contributed by atoms with Gasteiger partial charge in [-0.05, 0) is 67.5 Å². The lowest BCUT2D eigenvalue weighted by molar-refractivity contribution is 0.632. The normalized spacial score (nSPS) is 11.7. The Morgan fingerprint density at radius 1 is 1.14 bits per heavy atom. The van der Waals surface area contributed by atoms with Gasteiger partial charge in [0.15, 0.2) is 5.17 Å². The minimum Gasteiger partial charge on any atom is -0.380 e. The van der Waals surface area contributed by atoms with Crippen molar-refractivity contribution in [3.05, 3.63) is 70.8 Å². The van der Waals surface area contributed by atoms with E-state index in [-0.39, 0.29) is 0 Å². The van der Waals surface area contributed by atoms with E-state index in [1.54, 1.807) is 23.5 Å². The van der Waals surface area contributed by atoms with Crippen molar-refractivity contribution in [2.75, 3.05) is 12.3 Å². The maximum Gasteiger partial charge on any atom is 0.159 e. The highest BCUT2D eigenvalue weighted by Crippen LogP contribution is 2.27. The van der Waals surface area contributed by atoms with Gasteiger partial charge in [0.25, 0.3) is 0 Å². The van der Waals surface area contributed by atoms with Crippen LogP contribution in [0.1, 0.15) is 37.0 Å². The van der Waals surface area contributed by atoms with E-state index in [1.807, 2.05) is 12.1 Å². The molecule has 3 N–H and O–H groups in total. The van der Waals surface area contributed by atoms with Crippen LogP contribution in [0.3, 0.4) is 0 Å². The third kappa shape index (κ3) is 9.01. The Balaban J connectivity index is 1.77. The monoisotopic (exact) mass is 427 g/mol. The van der Waals surface area contributed by atoms with Crippen LogP contribution in [0.25, 0.3) is 0 Å². The molecule has 0 aliphatic heterocycles. The third-order valence-electron chi connectivity index (χ3n) is 4.43. The van der Waals surface area contributed by atoms with E-state index in [0.29, 0.717) is 11.1 Å². The number of aryl methyl sites for hydroxylation is 2. The SMILES string of the molecule is C=C(NCCc1ccc(N=C(N)SCCC(C)C)cc1)Sc1cc(C)ccc1C. The topological polar surface area (TPSA) is 50.4 Å². The van der Waals surface area contributed by atoms with Crippen LogP contribution < -0.4 is 11.1 Å². The van der Waals surface area contributed by atoms with Gasteiger partial charge in [-0.15, -0.1) is 0 Å². The molecule has 0 aliphatic rings. The van der Waals surface area contributed by atoms with Gasteiger partial charge < -0.3 is 11.1 Å². The van der Waals surface area contributed by atoms with Crippen LogP contribution in [0.5, 0.6) is 0 Å².